The van der Waals surface area contributed by atoms with Crippen LogP contribution < -0.4 is 4.74 Å². The van der Waals surface area contributed by atoms with Gasteiger partial charge in [0.15, 0.2) is 11.5 Å². The number of hydrogen-bond acceptors (Lipinski definition) is 4. The van der Waals surface area contributed by atoms with Crippen LogP contribution in [0.4, 0.5) is 0 Å². The molecule has 3 N–H and O–H groups in total. The Bertz CT molecular complexity index is 607. The van der Waals surface area contributed by atoms with Crippen LogP contribution in [0.3, 0.4) is 0 Å². The zero-order chi connectivity index (χ0) is 13.4. The number of phenols is 3. The average molecular weight is 258 g/mol. The lowest BCUT2D eigenvalue weighted by atomic mass is 9.96. The second-order valence-electron chi connectivity index (χ2n) is 4.63. The van der Waals surface area contributed by atoms with Crippen molar-refractivity contribution in [3.63, 3.8) is 0 Å². The number of fused-ring (bicyclic) bond motifs is 1. The van der Waals surface area contributed by atoms with Gasteiger partial charge < -0.3 is 20.1 Å². The van der Waals surface area contributed by atoms with E-state index in [1.54, 1.807) is 0 Å². The highest BCUT2D eigenvalue weighted by atomic mass is 16.5. The van der Waals surface area contributed by atoms with Crippen molar-refractivity contribution in [3.05, 3.63) is 47.5 Å². The lowest BCUT2D eigenvalue weighted by Crippen LogP contribution is -2.15. The normalized spacial score (nSPS) is 17.6. The van der Waals surface area contributed by atoms with Crippen molar-refractivity contribution in [1.82, 2.24) is 0 Å². The third-order valence-corrected chi connectivity index (χ3v) is 3.42. The molecule has 3 rings (SSSR count). The van der Waals surface area contributed by atoms with Gasteiger partial charge in [0.25, 0.3) is 0 Å². The standard InChI is InChI=1S/C15H14O4/c16-11-8-13-10(14(17)15(11)18)6-7-12(19-13)9-4-2-1-3-5-9/h1-5,8,12,16-18H,6-7H2/t12-/m1/s1. The van der Waals surface area contributed by atoms with E-state index in [1.165, 1.54) is 6.07 Å². The summed E-state index contributed by atoms with van der Waals surface area (Å²) in [6, 6.07) is 11.1. The lowest BCUT2D eigenvalue weighted by molar-refractivity contribution is 0.173. The Labute approximate surface area is 110 Å². The second-order valence-corrected chi connectivity index (χ2v) is 4.63. The van der Waals surface area contributed by atoms with Gasteiger partial charge in [-0.3, -0.25) is 0 Å². The van der Waals surface area contributed by atoms with E-state index in [2.05, 4.69) is 0 Å². The van der Waals surface area contributed by atoms with E-state index in [9.17, 15) is 15.3 Å². The maximum Gasteiger partial charge on any atom is 0.200 e. The molecule has 1 atom stereocenters. The summed E-state index contributed by atoms with van der Waals surface area (Å²) >= 11 is 0. The molecular formula is C15H14O4. The van der Waals surface area contributed by atoms with Gasteiger partial charge in [-0.15, -0.1) is 0 Å². The molecule has 0 saturated carbocycles. The van der Waals surface area contributed by atoms with Crippen molar-refractivity contribution >= 4 is 0 Å². The average Bonchev–Trinajstić information content (AvgIpc) is 2.45. The summed E-state index contributed by atoms with van der Waals surface area (Å²) in [6.45, 7) is 0. The molecule has 0 unspecified atom stereocenters. The van der Waals surface area contributed by atoms with Crippen molar-refractivity contribution in [2.45, 2.75) is 18.9 Å². The summed E-state index contributed by atoms with van der Waals surface area (Å²) in [5, 5.41) is 28.8. The smallest absolute Gasteiger partial charge is 0.200 e. The van der Waals surface area contributed by atoms with E-state index < -0.39 is 5.75 Å². The van der Waals surface area contributed by atoms with Gasteiger partial charge in [0.1, 0.15) is 11.9 Å². The quantitative estimate of drug-likeness (QED) is 0.688. The number of hydrogen-bond donors (Lipinski definition) is 3. The Hall–Kier alpha value is -2.36. The molecule has 2 aromatic carbocycles. The van der Waals surface area contributed by atoms with E-state index in [-0.39, 0.29) is 17.6 Å². The third-order valence-electron chi connectivity index (χ3n) is 3.42. The van der Waals surface area contributed by atoms with E-state index in [1.807, 2.05) is 30.3 Å². The largest absolute Gasteiger partial charge is 0.504 e. The van der Waals surface area contributed by atoms with Crippen LogP contribution in [0.25, 0.3) is 0 Å². The van der Waals surface area contributed by atoms with Crippen LogP contribution in [0.2, 0.25) is 0 Å². The molecule has 1 aliphatic heterocycles. The minimum absolute atomic E-state index is 0.1000. The molecule has 0 saturated heterocycles. The predicted molar refractivity (Wildman–Crippen MR) is 69.6 cm³/mol. The minimum Gasteiger partial charge on any atom is -0.504 e. The Morgan fingerprint density at radius 2 is 1.74 bits per heavy atom. The van der Waals surface area contributed by atoms with Gasteiger partial charge >= 0.3 is 0 Å². The van der Waals surface area contributed by atoms with Gasteiger partial charge in [0.05, 0.1) is 0 Å². The number of phenolic OH excluding ortho intramolecular Hbond substituents is 3. The lowest BCUT2D eigenvalue weighted by Gasteiger charge is -2.27. The molecular weight excluding hydrogens is 244 g/mol. The molecule has 0 fully saturated rings. The first-order valence-corrected chi connectivity index (χ1v) is 6.15. The maximum absolute atomic E-state index is 9.79. The highest BCUT2D eigenvalue weighted by molar-refractivity contribution is 5.60. The van der Waals surface area contributed by atoms with E-state index in [4.69, 9.17) is 4.74 Å². The van der Waals surface area contributed by atoms with Crippen molar-refractivity contribution in [2.24, 2.45) is 0 Å². The van der Waals surface area contributed by atoms with Crippen LogP contribution in [0.5, 0.6) is 23.0 Å². The van der Waals surface area contributed by atoms with E-state index in [0.717, 1.165) is 12.0 Å². The van der Waals surface area contributed by atoms with Crippen LogP contribution in [-0.2, 0) is 6.42 Å². The fraction of sp³-hybridized carbons (Fsp3) is 0.200. The SMILES string of the molecule is Oc1cc2c(c(O)c1O)CC[C@H](c1ccccc1)O2. The maximum atomic E-state index is 9.79. The van der Waals surface area contributed by atoms with Gasteiger partial charge in [0.2, 0.25) is 5.75 Å². The summed E-state index contributed by atoms with van der Waals surface area (Å²) in [6.07, 6.45) is 1.21. The van der Waals surface area contributed by atoms with Gasteiger partial charge in [0, 0.05) is 11.6 Å². The van der Waals surface area contributed by atoms with Crippen LogP contribution in [0.15, 0.2) is 36.4 Å². The van der Waals surface area contributed by atoms with Crippen molar-refractivity contribution < 1.29 is 20.1 Å². The predicted octanol–water partition coefficient (Wildman–Crippen LogP) is 2.87. The number of rotatable bonds is 1. The van der Waals surface area contributed by atoms with Crippen LogP contribution in [-0.4, -0.2) is 15.3 Å². The fourth-order valence-corrected chi connectivity index (χ4v) is 2.40. The number of ether oxygens (including phenoxy) is 1. The van der Waals surface area contributed by atoms with Gasteiger partial charge in [-0.25, -0.2) is 0 Å². The van der Waals surface area contributed by atoms with Crippen LogP contribution in [0, 0.1) is 0 Å². The molecule has 0 amide bonds. The third kappa shape index (κ3) is 1.95. The molecule has 0 bridgehead atoms. The minimum atomic E-state index is -0.486. The first-order valence-electron chi connectivity index (χ1n) is 6.15. The molecule has 4 heteroatoms. The van der Waals surface area contributed by atoms with Crippen molar-refractivity contribution in [3.8, 4) is 23.0 Å². The first-order chi connectivity index (χ1) is 9.16. The molecule has 2 aromatic rings. The monoisotopic (exact) mass is 258 g/mol. The molecule has 98 valence electrons. The summed E-state index contributed by atoms with van der Waals surface area (Å²) in [5.41, 5.74) is 1.60. The summed E-state index contributed by atoms with van der Waals surface area (Å²) in [5.74, 6) is -0.722. The summed E-state index contributed by atoms with van der Waals surface area (Å²) < 4.78 is 5.80. The number of benzene rings is 2. The molecule has 1 heterocycles. The van der Waals surface area contributed by atoms with Crippen LogP contribution >= 0.6 is 0 Å². The Morgan fingerprint density at radius 3 is 2.47 bits per heavy atom. The fourth-order valence-electron chi connectivity index (χ4n) is 2.40. The Morgan fingerprint density at radius 1 is 1.00 bits per heavy atom. The van der Waals surface area contributed by atoms with E-state index >= 15 is 0 Å². The first kappa shape index (κ1) is 11.7. The zero-order valence-corrected chi connectivity index (χ0v) is 10.2. The van der Waals surface area contributed by atoms with Gasteiger partial charge in [-0.2, -0.15) is 0 Å². The Kier molecular flexibility index (Phi) is 2.71. The molecule has 1 aliphatic rings. The van der Waals surface area contributed by atoms with Crippen molar-refractivity contribution in [1.29, 1.82) is 0 Å². The van der Waals surface area contributed by atoms with Crippen molar-refractivity contribution in [2.75, 3.05) is 0 Å². The Balaban J connectivity index is 1.97. The molecule has 19 heavy (non-hydrogen) atoms. The second kappa shape index (κ2) is 4.39. The number of aromatic hydroxyl groups is 3. The summed E-state index contributed by atoms with van der Waals surface area (Å²) in [4.78, 5) is 0. The highest BCUT2D eigenvalue weighted by Gasteiger charge is 2.26. The molecule has 0 spiro atoms. The highest BCUT2D eigenvalue weighted by Crippen LogP contribution is 2.47. The summed E-state index contributed by atoms with van der Waals surface area (Å²) in [7, 11) is 0. The molecule has 0 aromatic heterocycles. The zero-order valence-electron chi connectivity index (χ0n) is 10.2. The van der Waals surface area contributed by atoms with Crippen LogP contribution in [0.1, 0.15) is 23.7 Å². The van der Waals surface area contributed by atoms with Gasteiger partial charge in [-0.1, -0.05) is 30.3 Å². The molecule has 0 aliphatic carbocycles. The van der Waals surface area contributed by atoms with Gasteiger partial charge in [-0.05, 0) is 18.4 Å². The molecule has 4 nitrogen and oxygen atoms in total. The topological polar surface area (TPSA) is 69.9 Å². The van der Waals surface area contributed by atoms with E-state index in [0.29, 0.717) is 17.7 Å². The molecule has 0 radical (unpaired) electrons.